The summed E-state index contributed by atoms with van der Waals surface area (Å²) in [5, 5.41) is 0.467. The molecule has 1 aliphatic heterocycles. The van der Waals surface area contributed by atoms with E-state index in [-0.39, 0.29) is 10.6 Å². The van der Waals surface area contributed by atoms with Gasteiger partial charge in [0.2, 0.25) is 0 Å². The molecular formula is C14H11ClN2O3S. The van der Waals surface area contributed by atoms with Crippen LogP contribution >= 0.6 is 11.6 Å². The highest BCUT2D eigenvalue weighted by molar-refractivity contribution is 7.94. The number of nitrogens with zero attached hydrogens (tertiary/aromatic N) is 2. The molecule has 0 bridgehead atoms. The number of carbonyl (C=O) groups excluding carboxylic acids is 1. The monoisotopic (exact) mass is 322 g/mol. The molecule has 0 spiro atoms. The number of fused-ring (bicyclic) bond motifs is 1. The van der Waals surface area contributed by atoms with Gasteiger partial charge in [-0.1, -0.05) is 23.7 Å². The average Bonchev–Trinajstić information content (AvgIpc) is 2.47. The molecule has 21 heavy (non-hydrogen) atoms. The summed E-state index contributed by atoms with van der Waals surface area (Å²) in [6, 6.07) is 11.9. The highest BCUT2D eigenvalue weighted by Gasteiger charge is 2.40. The minimum Gasteiger partial charge on any atom is -0.295 e. The van der Waals surface area contributed by atoms with Gasteiger partial charge in [-0.15, -0.1) is 0 Å². The van der Waals surface area contributed by atoms with Crippen LogP contribution in [0.2, 0.25) is 5.02 Å². The second-order valence-electron chi connectivity index (χ2n) is 4.56. The zero-order valence-corrected chi connectivity index (χ0v) is 12.6. The number of halogens is 1. The van der Waals surface area contributed by atoms with Crippen molar-refractivity contribution in [3.05, 3.63) is 53.6 Å². The Hall–Kier alpha value is -2.05. The minimum atomic E-state index is -3.93. The van der Waals surface area contributed by atoms with E-state index in [2.05, 4.69) is 0 Å². The molecule has 7 heteroatoms. The molecule has 0 aromatic heterocycles. The third-order valence-electron chi connectivity index (χ3n) is 3.27. The molecule has 0 saturated heterocycles. The molecule has 0 unspecified atom stereocenters. The minimum absolute atomic E-state index is 0.0991. The van der Waals surface area contributed by atoms with Crippen LogP contribution in [-0.2, 0) is 10.0 Å². The van der Waals surface area contributed by atoms with Gasteiger partial charge < -0.3 is 0 Å². The predicted octanol–water partition coefficient (Wildman–Crippen LogP) is 3.11. The number of sulfonamides is 1. The average molecular weight is 323 g/mol. The molecule has 1 heterocycles. The lowest BCUT2D eigenvalue weighted by Crippen LogP contribution is -2.49. The van der Waals surface area contributed by atoms with Gasteiger partial charge in [0.25, 0.3) is 10.0 Å². The van der Waals surface area contributed by atoms with E-state index in [9.17, 15) is 13.2 Å². The lowest BCUT2D eigenvalue weighted by Gasteiger charge is -2.34. The van der Waals surface area contributed by atoms with E-state index < -0.39 is 16.1 Å². The van der Waals surface area contributed by atoms with Gasteiger partial charge in [0.05, 0.1) is 11.4 Å². The standard InChI is InChI=1S/C14H11ClN2O3S/c1-16-12-4-2-3-5-13(12)21(19,20)17(14(16)18)11-8-6-10(15)7-9-11/h2-9H,1H3. The zero-order chi connectivity index (χ0) is 15.2. The molecule has 0 aliphatic carbocycles. The summed E-state index contributed by atoms with van der Waals surface area (Å²) < 4.78 is 26.2. The van der Waals surface area contributed by atoms with E-state index in [0.29, 0.717) is 10.7 Å². The van der Waals surface area contributed by atoms with E-state index in [4.69, 9.17) is 11.6 Å². The quantitative estimate of drug-likeness (QED) is 0.810. The van der Waals surface area contributed by atoms with Crippen LogP contribution in [0.25, 0.3) is 0 Å². The van der Waals surface area contributed by atoms with Crippen molar-refractivity contribution in [3.8, 4) is 0 Å². The number of rotatable bonds is 1. The van der Waals surface area contributed by atoms with Gasteiger partial charge in [-0.3, -0.25) is 4.90 Å². The largest absolute Gasteiger partial charge is 0.342 e. The van der Waals surface area contributed by atoms with Gasteiger partial charge in [0.1, 0.15) is 4.90 Å². The summed E-state index contributed by atoms with van der Waals surface area (Å²) in [6.45, 7) is 0. The number of carbonyl (C=O) groups is 1. The van der Waals surface area contributed by atoms with Crippen molar-refractivity contribution in [1.29, 1.82) is 0 Å². The maximum absolute atomic E-state index is 12.7. The van der Waals surface area contributed by atoms with Crippen LogP contribution in [0.3, 0.4) is 0 Å². The maximum Gasteiger partial charge on any atom is 0.342 e. The Kier molecular flexibility index (Phi) is 3.15. The molecule has 0 atom stereocenters. The first-order valence-electron chi connectivity index (χ1n) is 6.10. The van der Waals surface area contributed by atoms with E-state index in [1.54, 1.807) is 37.4 Å². The lowest BCUT2D eigenvalue weighted by molar-refractivity contribution is 0.255. The van der Waals surface area contributed by atoms with Crippen LogP contribution < -0.4 is 9.21 Å². The Morgan fingerprint density at radius 3 is 2.29 bits per heavy atom. The molecular weight excluding hydrogens is 312 g/mol. The van der Waals surface area contributed by atoms with Gasteiger partial charge in [-0.05, 0) is 36.4 Å². The van der Waals surface area contributed by atoms with Crippen molar-refractivity contribution in [3.63, 3.8) is 0 Å². The van der Waals surface area contributed by atoms with E-state index in [1.807, 2.05) is 0 Å². The number of benzene rings is 2. The number of para-hydroxylation sites is 1. The third kappa shape index (κ3) is 2.07. The number of amides is 2. The van der Waals surface area contributed by atoms with Crippen LogP contribution in [0, 0.1) is 0 Å². The van der Waals surface area contributed by atoms with Crippen molar-refractivity contribution in [2.24, 2.45) is 0 Å². The van der Waals surface area contributed by atoms with Gasteiger partial charge in [-0.2, -0.15) is 4.31 Å². The molecule has 1 aliphatic rings. The first-order chi connectivity index (χ1) is 9.93. The number of anilines is 2. The second-order valence-corrected chi connectivity index (χ2v) is 6.75. The van der Waals surface area contributed by atoms with Gasteiger partial charge in [-0.25, -0.2) is 13.2 Å². The Bertz CT molecular complexity index is 818. The molecule has 3 rings (SSSR count). The maximum atomic E-state index is 12.7. The zero-order valence-electron chi connectivity index (χ0n) is 11.0. The lowest BCUT2D eigenvalue weighted by atomic mass is 10.3. The fourth-order valence-electron chi connectivity index (χ4n) is 2.22. The van der Waals surface area contributed by atoms with Crippen LogP contribution in [0.1, 0.15) is 0 Å². The normalized spacial score (nSPS) is 16.8. The summed E-state index contributed by atoms with van der Waals surface area (Å²) >= 11 is 5.80. The first kappa shape index (κ1) is 13.9. The highest BCUT2D eigenvalue weighted by Crippen LogP contribution is 2.36. The molecule has 2 amide bonds. The van der Waals surface area contributed by atoms with Crippen LogP contribution in [0.15, 0.2) is 53.4 Å². The third-order valence-corrected chi connectivity index (χ3v) is 5.27. The van der Waals surface area contributed by atoms with Gasteiger partial charge >= 0.3 is 6.03 Å². The van der Waals surface area contributed by atoms with Crippen LogP contribution in [0.5, 0.6) is 0 Å². The van der Waals surface area contributed by atoms with Gasteiger partial charge in [0.15, 0.2) is 0 Å². The summed E-state index contributed by atoms with van der Waals surface area (Å²) in [5.41, 5.74) is 0.624. The summed E-state index contributed by atoms with van der Waals surface area (Å²) in [4.78, 5) is 13.8. The van der Waals surface area contributed by atoms with Crippen molar-refractivity contribution >= 4 is 39.0 Å². The molecule has 0 fully saturated rings. The van der Waals surface area contributed by atoms with Crippen molar-refractivity contribution in [2.45, 2.75) is 4.90 Å². The number of hydrogen-bond donors (Lipinski definition) is 0. The van der Waals surface area contributed by atoms with Crippen molar-refractivity contribution in [1.82, 2.24) is 0 Å². The number of urea groups is 1. The molecule has 0 radical (unpaired) electrons. The SMILES string of the molecule is CN1C(=O)N(c2ccc(Cl)cc2)S(=O)(=O)c2ccccc21. The molecule has 108 valence electrons. The topological polar surface area (TPSA) is 57.7 Å². The number of hydrogen-bond acceptors (Lipinski definition) is 3. The van der Waals surface area contributed by atoms with Crippen LogP contribution in [0.4, 0.5) is 16.2 Å². The molecule has 5 nitrogen and oxygen atoms in total. The summed E-state index contributed by atoms with van der Waals surface area (Å²) in [6.07, 6.45) is 0. The molecule has 2 aromatic carbocycles. The second kappa shape index (κ2) is 4.75. The Labute approximate surface area is 127 Å². The fraction of sp³-hybridized carbons (Fsp3) is 0.0714. The predicted molar refractivity (Wildman–Crippen MR) is 81.4 cm³/mol. The molecule has 0 saturated carbocycles. The summed E-state index contributed by atoms with van der Waals surface area (Å²) in [7, 11) is -2.39. The first-order valence-corrected chi connectivity index (χ1v) is 7.92. The van der Waals surface area contributed by atoms with Crippen molar-refractivity contribution in [2.75, 3.05) is 16.3 Å². The Balaban J connectivity index is 2.23. The van der Waals surface area contributed by atoms with E-state index in [0.717, 1.165) is 4.31 Å². The Morgan fingerprint density at radius 1 is 1.00 bits per heavy atom. The highest BCUT2D eigenvalue weighted by atomic mass is 35.5. The fourth-order valence-corrected chi connectivity index (χ4v) is 3.99. The van der Waals surface area contributed by atoms with Crippen molar-refractivity contribution < 1.29 is 13.2 Å². The van der Waals surface area contributed by atoms with Gasteiger partial charge in [0, 0.05) is 12.1 Å². The smallest absolute Gasteiger partial charge is 0.295 e. The van der Waals surface area contributed by atoms with E-state index in [1.165, 1.54) is 23.1 Å². The van der Waals surface area contributed by atoms with Crippen LogP contribution in [-0.4, -0.2) is 21.5 Å². The summed E-state index contributed by atoms with van der Waals surface area (Å²) in [5.74, 6) is 0. The molecule has 0 N–H and O–H groups in total. The molecule has 2 aromatic rings. The van der Waals surface area contributed by atoms with E-state index >= 15 is 0 Å². The Morgan fingerprint density at radius 2 is 1.62 bits per heavy atom.